The van der Waals surface area contributed by atoms with Gasteiger partial charge in [0.25, 0.3) is 0 Å². The fourth-order valence-corrected chi connectivity index (χ4v) is 5.68. The second-order valence-electron chi connectivity index (χ2n) is 8.02. The Morgan fingerprint density at radius 3 is 2.69 bits per heavy atom. The van der Waals surface area contributed by atoms with Crippen molar-refractivity contribution in [2.45, 2.75) is 68.8 Å². The molecule has 0 spiro atoms. The Balaban J connectivity index is 1.47. The number of anilines is 1. The van der Waals surface area contributed by atoms with Crippen molar-refractivity contribution in [3.8, 4) is 5.75 Å². The molecule has 4 rings (SSSR count). The highest BCUT2D eigenvalue weighted by molar-refractivity contribution is 8.00. The molecule has 1 saturated carbocycles. The molecule has 1 fully saturated rings. The van der Waals surface area contributed by atoms with Crippen LogP contribution >= 0.6 is 23.1 Å². The van der Waals surface area contributed by atoms with Crippen LogP contribution in [-0.4, -0.2) is 32.5 Å². The van der Waals surface area contributed by atoms with Gasteiger partial charge in [0.2, 0.25) is 5.91 Å². The minimum Gasteiger partial charge on any atom is -0.494 e. The van der Waals surface area contributed by atoms with Crippen molar-refractivity contribution in [1.29, 1.82) is 0 Å². The van der Waals surface area contributed by atoms with Crippen molar-refractivity contribution in [1.82, 2.24) is 14.8 Å². The maximum absolute atomic E-state index is 12.9. The topological polar surface area (TPSA) is 69.0 Å². The van der Waals surface area contributed by atoms with E-state index in [-0.39, 0.29) is 11.2 Å². The van der Waals surface area contributed by atoms with Crippen LogP contribution in [0.15, 0.2) is 46.9 Å². The second-order valence-corrected chi connectivity index (χ2v) is 10.4. The quantitative estimate of drug-likeness (QED) is 0.391. The van der Waals surface area contributed by atoms with Crippen LogP contribution in [0.25, 0.3) is 0 Å². The average molecular weight is 471 g/mol. The monoisotopic (exact) mass is 470 g/mol. The molecule has 3 aromatic rings. The fraction of sp³-hybridized carbons (Fsp3) is 0.458. The number of carbonyl (C=O) groups is 1. The maximum atomic E-state index is 12.9. The number of thiophene rings is 1. The van der Waals surface area contributed by atoms with Crippen LogP contribution in [0.1, 0.15) is 62.7 Å². The van der Waals surface area contributed by atoms with E-state index in [9.17, 15) is 4.79 Å². The third-order valence-corrected chi connectivity index (χ3v) is 7.60. The van der Waals surface area contributed by atoms with Gasteiger partial charge in [-0.2, -0.15) is 0 Å². The van der Waals surface area contributed by atoms with Crippen molar-refractivity contribution in [2.75, 3.05) is 11.9 Å². The second kappa shape index (κ2) is 11.0. The van der Waals surface area contributed by atoms with Gasteiger partial charge in [-0.1, -0.05) is 37.1 Å². The molecular weight excluding hydrogens is 440 g/mol. The Morgan fingerprint density at radius 2 is 2.00 bits per heavy atom. The number of thioether (sulfide) groups is 1. The standard InChI is InChI=1S/C24H30N4O2S2/c1-3-30-20-13-11-18(12-14-20)25-23(29)17(2)32-24-27-26-22(16-21-10-7-15-31-21)28(24)19-8-5-4-6-9-19/h7,10-15,17,19H,3-6,8-9,16H2,1-2H3,(H,25,29). The third-order valence-electron chi connectivity index (χ3n) is 5.67. The molecular formula is C24H30N4O2S2. The summed E-state index contributed by atoms with van der Waals surface area (Å²) in [6.07, 6.45) is 6.85. The first-order valence-corrected chi connectivity index (χ1v) is 13.1. The molecule has 1 unspecified atom stereocenters. The summed E-state index contributed by atoms with van der Waals surface area (Å²) in [6.45, 7) is 4.50. The molecule has 1 aromatic carbocycles. The van der Waals surface area contributed by atoms with Crippen molar-refractivity contribution in [3.05, 3.63) is 52.5 Å². The van der Waals surface area contributed by atoms with Crippen molar-refractivity contribution in [3.63, 3.8) is 0 Å². The summed E-state index contributed by atoms with van der Waals surface area (Å²) in [6, 6.07) is 12.1. The lowest BCUT2D eigenvalue weighted by Crippen LogP contribution is -2.24. The van der Waals surface area contributed by atoms with Gasteiger partial charge in [-0.15, -0.1) is 21.5 Å². The Morgan fingerprint density at radius 1 is 1.22 bits per heavy atom. The van der Waals surface area contributed by atoms with Crippen LogP contribution in [-0.2, 0) is 11.2 Å². The predicted octanol–water partition coefficient (Wildman–Crippen LogP) is 5.95. The molecule has 0 radical (unpaired) electrons. The van der Waals surface area contributed by atoms with Gasteiger partial charge in [-0.05, 0) is 62.4 Å². The normalized spacial score (nSPS) is 15.4. The fourth-order valence-electron chi connectivity index (χ4n) is 4.04. The summed E-state index contributed by atoms with van der Waals surface area (Å²) in [4.78, 5) is 14.1. The van der Waals surface area contributed by atoms with Gasteiger partial charge >= 0.3 is 0 Å². The zero-order valence-electron chi connectivity index (χ0n) is 18.6. The number of benzene rings is 1. The lowest BCUT2D eigenvalue weighted by Gasteiger charge is -2.26. The number of hydrogen-bond acceptors (Lipinski definition) is 6. The van der Waals surface area contributed by atoms with E-state index in [1.165, 1.54) is 35.9 Å². The van der Waals surface area contributed by atoms with Crippen molar-refractivity contribution >= 4 is 34.7 Å². The van der Waals surface area contributed by atoms with E-state index < -0.39 is 0 Å². The Kier molecular flexibility index (Phi) is 7.86. The van der Waals surface area contributed by atoms with E-state index in [2.05, 4.69) is 37.6 Å². The van der Waals surface area contributed by atoms with Gasteiger partial charge < -0.3 is 14.6 Å². The summed E-state index contributed by atoms with van der Waals surface area (Å²) in [5.41, 5.74) is 0.762. The molecule has 6 nitrogen and oxygen atoms in total. The van der Waals surface area contributed by atoms with Crippen LogP contribution in [0.2, 0.25) is 0 Å². The number of carbonyl (C=O) groups excluding carboxylic acids is 1. The molecule has 32 heavy (non-hydrogen) atoms. The first-order chi connectivity index (χ1) is 15.6. The van der Waals surface area contributed by atoms with E-state index >= 15 is 0 Å². The molecule has 1 N–H and O–H groups in total. The van der Waals surface area contributed by atoms with E-state index in [4.69, 9.17) is 4.74 Å². The molecule has 0 aliphatic heterocycles. The largest absolute Gasteiger partial charge is 0.494 e. The van der Waals surface area contributed by atoms with Crippen LogP contribution < -0.4 is 10.1 Å². The molecule has 0 bridgehead atoms. The van der Waals surface area contributed by atoms with Gasteiger partial charge in [-0.25, -0.2) is 0 Å². The minimum absolute atomic E-state index is 0.0443. The molecule has 170 valence electrons. The van der Waals surface area contributed by atoms with E-state index in [0.29, 0.717) is 12.6 Å². The highest BCUT2D eigenvalue weighted by Gasteiger charge is 2.26. The maximum Gasteiger partial charge on any atom is 0.237 e. The molecule has 1 aliphatic carbocycles. The van der Waals surface area contributed by atoms with Crippen molar-refractivity contribution in [2.24, 2.45) is 0 Å². The summed E-state index contributed by atoms with van der Waals surface area (Å²) in [5, 5.41) is 14.7. The van der Waals surface area contributed by atoms with E-state index in [1.54, 1.807) is 11.3 Å². The van der Waals surface area contributed by atoms with Crippen molar-refractivity contribution < 1.29 is 9.53 Å². The smallest absolute Gasteiger partial charge is 0.237 e. The van der Waals surface area contributed by atoms with E-state index in [0.717, 1.165) is 41.7 Å². The van der Waals surface area contributed by atoms with Gasteiger partial charge in [0, 0.05) is 23.0 Å². The van der Waals surface area contributed by atoms with Gasteiger partial charge in [0.1, 0.15) is 11.6 Å². The zero-order valence-corrected chi connectivity index (χ0v) is 20.3. The number of hydrogen-bond donors (Lipinski definition) is 1. The predicted molar refractivity (Wildman–Crippen MR) is 131 cm³/mol. The zero-order chi connectivity index (χ0) is 22.3. The number of amides is 1. The average Bonchev–Trinajstić information content (AvgIpc) is 3.46. The molecule has 2 heterocycles. The molecule has 8 heteroatoms. The third kappa shape index (κ3) is 5.72. The first-order valence-electron chi connectivity index (χ1n) is 11.3. The first kappa shape index (κ1) is 22.9. The van der Waals surface area contributed by atoms with Crippen LogP contribution in [0.4, 0.5) is 5.69 Å². The minimum atomic E-state index is -0.289. The number of rotatable bonds is 9. The lowest BCUT2D eigenvalue weighted by molar-refractivity contribution is -0.115. The molecule has 1 atom stereocenters. The Hall–Kier alpha value is -2.32. The summed E-state index contributed by atoms with van der Waals surface area (Å²) in [7, 11) is 0. The molecule has 0 saturated heterocycles. The number of nitrogens with one attached hydrogen (secondary N) is 1. The Labute approximate surface area is 197 Å². The van der Waals surface area contributed by atoms with Crippen LogP contribution in [0.3, 0.4) is 0 Å². The van der Waals surface area contributed by atoms with Crippen LogP contribution in [0.5, 0.6) is 5.75 Å². The SMILES string of the molecule is CCOc1ccc(NC(=O)C(C)Sc2nnc(Cc3cccs3)n2C2CCCCC2)cc1. The summed E-state index contributed by atoms with van der Waals surface area (Å²) in [5.74, 6) is 1.75. The summed E-state index contributed by atoms with van der Waals surface area (Å²) < 4.78 is 7.78. The van der Waals surface area contributed by atoms with Gasteiger partial charge in [0.05, 0.1) is 11.9 Å². The lowest BCUT2D eigenvalue weighted by atomic mass is 9.95. The highest BCUT2D eigenvalue weighted by Crippen LogP contribution is 2.35. The van der Waals surface area contributed by atoms with Gasteiger partial charge in [-0.3, -0.25) is 4.79 Å². The molecule has 1 amide bonds. The number of aromatic nitrogens is 3. The number of nitrogens with zero attached hydrogens (tertiary/aromatic N) is 3. The highest BCUT2D eigenvalue weighted by atomic mass is 32.2. The molecule has 2 aromatic heterocycles. The summed E-state index contributed by atoms with van der Waals surface area (Å²) >= 11 is 3.24. The van der Waals surface area contributed by atoms with Crippen LogP contribution in [0, 0.1) is 0 Å². The van der Waals surface area contributed by atoms with E-state index in [1.807, 2.05) is 38.1 Å². The molecule has 1 aliphatic rings. The van der Waals surface area contributed by atoms with Gasteiger partial charge in [0.15, 0.2) is 5.16 Å². The number of ether oxygens (including phenoxy) is 1. The Bertz CT molecular complexity index is 996.